The number of halogens is 2. The van der Waals surface area contributed by atoms with Crippen LogP contribution in [0.25, 0.3) is 6.08 Å². The molecule has 4 amide bonds. The molecule has 0 spiro atoms. The Hall–Kier alpha value is -6.24. The molecule has 2 saturated heterocycles. The number of aromatic hydroxyl groups is 2. The van der Waals surface area contributed by atoms with Crippen LogP contribution in [0.1, 0.15) is 44.1 Å². The van der Waals surface area contributed by atoms with Crippen molar-refractivity contribution in [1.82, 2.24) is 6.15 Å². The molecule has 0 atom stereocenters. The van der Waals surface area contributed by atoms with E-state index in [0.717, 1.165) is 40.2 Å². The first-order valence-electron chi connectivity index (χ1n) is 16.0. The molecule has 0 saturated carbocycles. The summed E-state index contributed by atoms with van der Waals surface area (Å²) in [4.78, 5) is 68.8. The molecule has 2 heterocycles. The predicted molar refractivity (Wildman–Crippen MR) is 216 cm³/mol. The van der Waals surface area contributed by atoms with E-state index in [0.29, 0.717) is 53.5 Å². The third-order valence-corrected chi connectivity index (χ3v) is 8.41. The van der Waals surface area contributed by atoms with Crippen LogP contribution < -0.4 is 25.4 Å². The SMILES string of the molecule is C.CC(=O)O.CCOc1cc(/C=C2\SC(=O)N(c3ccc(F)cc3)C2=O)ccc1O.CCOc1cc(C=O)ccc1O.N.O=C1CSC(=O)N1c1ccc(F)cc1. The van der Waals surface area contributed by atoms with Gasteiger partial charge < -0.3 is 30.9 Å². The number of thioether (sulfide) groups is 2. The summed E-state index contributed by atoms with van der Waals surface area (Å²) in [5.41, 5.74) is 1.85. The number of phenols is 2. The number of aldehydes is 1. The summed E-state index contributed by atoms with van der Waals surface area (Å²) in [5, 5.41) is 25.6. The van der Waals surface area contributed by atoms with Crippen molar-refractivity contribution in [2.24, 2.45) is 0 Å². The monoisotopic (exact) mass is 829 g/mol. The van der Waals surface area contributed by atoms with E-state index in [-0.39, 0.29) is 52.7 Å². The second kappa shape index (κ2) is 23.6. The lowest BCUT2D eigenvalue weighted by Crippen LogP contribution is -2.27. The molecule has 0 aliphatic carbocycles. The zero-order valence-corrected chi connectivity index (χ0v) is 31.8. The Labute approximate surface area is 335 Å². The van der Waals surface area contributed by atoms with Crippen LogP contribution in [0.4, 0.5) is 29.7 Å². The average molecular weight is 830 g/mol. The number of nitrogens with zero attached hydrogens (tertiary/aromatic N) is 2. The Morgan fingerprint density at radius 1 is 0.754 bits per heavy atom. The van der Waals surface area contributed by atoms with Crippen molar-refractivity contribution in [3.8, 4) is 23.0 Å². The Balaban J connectivity index is 0.000000432. The van der Waals surface area contributed by atoms with Gasteiger partial charge in [-0.2, -0.15) is 0 Å². The fourth-order valence-corrected chi connectivity index (χ4v) is 5.95. The van der Waals surface area contributed by atoms with Gasteiger partial charge in [0.15, 0.2) is 23.0 Å². The van der Waals surface area contributed by atoms with E-state index in [2.05, 4.69) is 0 Å². The number of amides is 4. The molecule has 4 aromatic rings. The molecule has 14 nitrogen and oxygen atoms in total. The summed E-state index contributed by atoms with van der Waals surface area (Å²) in [6.45, 7) is 5.54. The summed E-state index contributed by atoms with van der Waals surface area (Å²) in [6, 6.07) is 19.5. The smallest absolute Gasteiger partial charge is 0.300 e. The number of carbonyl (C=O) groups excluding carboxylic acids is 5. The van der Waals surface area contributed by atoms with Crippen molar-refractivity contribution < 1.29 is 62.3 Å². The van der Waals surface area contributed by atoms with Crippen molar-refractivity contribution in [2.75, 3.05) is 28.8 Å². The second-order valence-electron chi connectivity index (χ2n) is 10.7. The Bertz CT molecular complexity index is 2050. The van der Waals surface area contributed by atoms with Gasteiger partial charge in [-0.25, -0.2) is 18.6 Å². The summed E-state index contributed by atoms with van der Waals surface area (Å²) in [5.74, 6) is -1.54. The molecule has 0 bridgehead atoms. The zero-order valence-electron chi connectivity index (χ0n) is 30.1. The number of hydrogen-bond acceptors (Lipinski definition) is 13. The van der Waals surface area contributed by atoms with Gasteiger partial charge in [0.1, 0.15) is 17.9 Å². The molecule has 304 valence electrons. The van der Waals surface area contributed by atoms with Gasteiger partial charge >= 0.3 is 0 Å². The molecular weight excluding hydrogens is 789 g/mol. The number of phenolic OH excluding ortho intramolecular Hbond substituents is 2. The first-order valence-corrected chi connectivity index (χ1v) is 17.8. The summed E-state index contributed by atoms with van der Waals surface area (Å²) in [7, 11) is 0. The first kappa shape index (κ1) is 48.8. The van der Waals surface area contributed by atoms with E-state index >= 15 is 0 Å². The Kier molecular flexibility index (Phi) is 20.2. The summed E-state index contributed by atoms with van der Waals surface area (Å²) in [6.07, 6.45) is 2.26. The number of rotatable bonds is 8. The highest BCUT2D eigenvalue weighted by atomic mass is 32.2. The third-order valence-electron chi connectivity index (χ3n) is 6.72. The predicted octanol–water partition coefficient (Wildman–Crippen LogP) is 8.69. The summed E-state index contributed by atoms with van der Waals surface area (Å²) >= 11 is 1.76. The van der Waals surface area contributed by atoms with Crippen LogP contribution in [0.2, 0.25) is 0 Å². The van der Waals surface area contributed by atoms with Crippen LogP contribution in [0.15, 0.2) is 89.8 Å². The quantitative estimate of drug-likeness (QED) is 0.0964. The second-order valence-corrected chi connectivity index (χ2v) is 12.6. The standard InChI is InChI=1S/C18H14FNO4S.C9H6FNO2S.C9H10O3.C2H4O2.CH4.H3N/c1-2-24-15-9-11(3-8-14(15)21)10-16-17(22)20(18(23)25-16)13-6-4-12(19)5-7-13;10-6-1-3-7(4-2-6)11-8(12)5-14-9(11)13;1-2-12-9-5-7(6-10)3-4-8(9)11;1-2(3)4;;/h3-10,21H,2H2,1H3;1-4H,5H2;3-6,11H,2H2,1H3;1H3,(H,3,4);1H4;1H3/b16-10-;;;;;. The molecule has 2 aliphatic rings. The van der Waals surface area contributed by atoms with Crippen molar-refractivity contribution in [3.05, 3.63) is 113 Å². The fourth-order valence-electron chi connectivity index (χ4n) is 4.39. The van der Waals surface area contributed by atoms with E-state index < -0.39 is 22.9 Å². The molecule has 2 fully saturated rings. The van der Waals surface area contributed by atoms with Gasteiger partial charge in [-0.1, -0.05) is 25.3 Å². The van der Waals surface area contributed by atoms with Gasteiger partial charge in [-0.05, 0) is 116 Å². The number of carboxylic acids is 1. The van der Waals surface area contributed by atoms with Gasteiger partial charge in [-0.3, -0.25) is 28.8 Å². The molecule has 57 heavy (non-hydrogen) atoms. The molecule has 0 radical (unpaired) electrons. The van der Waals surface area contributed by atoms with Crippen LogP contribution in [-0.4, -0.2) is 68.8 Å². The number of benzene rings is 4. The maximum absolute atomic E-state index is 13.0. The number of aliphatic carboxylic acids is 1. The first-order chi connectivity index (χ1) is 26.2. The zero-order chi connectivity index (χ0) is 40.7. The van der Waals surface area contributed by atoms with Crippen LogP contribution in [-0.2, 0) is 14.4 Å². The Morgan fingerprint density at radius 2 is 1.19 bits per heavy atom. The van der Waals surface area contributed by atoms with Gasteiger partial charge in [0.2, 0.25) is 5.91 Å². The topological polar surface area (TPSA) is 223 Å². The highest BCUT2D eigenvalue weighted by Gasteiger charge is 2.36. The number of carboxylic acid groups (broad SMARTS) is 1. The van der Waals surface area contributed by atoms with Gasteiger partial charge in [0, 0.05) is 12.5 Å². The van der Waals surface area contributed by atoms with Gasteiger partial charge in [0.05, 0.1) is 35.2 Å². The van der Waals surface area contributed by atoms with E-state index in [4.69, 9.17) is 19.4 Å². The number of carbonyl (C=O) groups is 6. The number of anilines is 2. The maximum atomic E-state index is 13.0. The van der Waals surface area contributed by atoms with Crippen molar-refractivity contribution in [3.63, 3.8) is 0 Å². The highest BCUT2D eigenvalue weighted by molar-refractivity contribution is 8.19. The molecule has 6 N–H and O–H groups in total. The van der Waals surface area contributed by atoms with Crippen molar-refractivity contribution in [2.45, 2.75) is 28.2 Å². The molecule has 18 heteroatoms. The minimum Gasteiger partial charge on any atom is -0.504 e. The van der Waals surface area contributed by atoms with Crippen molar-refractivity contribution in [1.29, 1.82) is 0 Å². The van der Waals surface area contributed by atoms with Crippen molar-refractivity contribution >= 4 is 75.5 Å². The van der Waals surface area contributed by atoms with Crippen LogP contribution >= 0.6 is 23.5 Å². The average Bonchev–Trinajstić information content (AvgIpc) is 3.63. The maximum Gasteiger partial charge on any atom is 0.300 e. The molecule has 0 unspecified atom stereocenters. The fraction of sp³-hybridized carbons (Fsp3) is 0.179. The minimum absolute atomic E-state index is 0. The molecule has 2 aliphatic heterocycles. The van der Waals surface area contributed by atoms with E-state index in [1.807, 2.05) is 6.92 Å². The van der Waals surface area contributed by atoms with Gasteiger partial charge in [-0.15, -0.1) is 0 Å². The lowest BCUT2D eigenvalue weighted by Gasteiger charge is -2.12. The number of imide groups is 2. The molecule has 6 rings (SSSR count). The van der Waals surface area contributed by atoms with E-state index in [9.17, 15) is 43.0 Å². The van der Waals surface area contributed by atoms with Crippen LogP contribution in [0.3, 0.4) is 0 Å². The molecule has 0 aromatic heterocycles. The largest absolute Gasteiger partial charge is 0.504 e. The van der Waals surface area contributed by atoms with E-state index in [1.54, 1.807) is 25.1 Å². The summed E-state index contributed by atoms with van der Waals surface area (Å²) < 4.78 is 36.0. The number of ether oxygens (including phenoxy) is 2. The molecule has 4 aromatic carbocycles. The normalized spacial score (nSPS) is 13.5. The lowest BCUT2D eigenvalue weighted by molar-refractivity contribution is -0.134. The third kappa shape index (κ3) is 14.4. The minimum atomic E-state index is -0.833. The highest BCUT2D eigenvalue weighted by Crippen LogP contribution is 2.37. The van der Waals surface area contributed by atoms with Crippen LogP contribution in [0, 0.1) is 11.6 Å². The lowest BCUT2D eigenvalue weighted by atomic mass is 10.2. The van der Waals surface area contributed by atoms with E-state index in [1.165, 1.54) is 72.8 Å². The van der Waals surface area contributed by atoms with Crippen LogP contribution in [0.5, 0.6) is 23.0 Å². The Morgan fingerprint density at radius 3 is 1.61 bits per heavy atom. The van der Waals surface area contributed by atoms with Gasteiger partial charge in [0.25, 0.3) is 22.4 Å². The molecular formula is C39H41F2N3O11S2. The number of hydrogen-bond donors (Lipinski definition) is 4.